The Morgan fingerprint density at radius 2 is 1.82 bits per heavy atom. The van der Waals surface area contributed by atoms with Crippen LogP contribution >= 0.6 is 0 Å². The average molecular weight is 562 g/mol. The molecule has 1 aromatic rings. The van der Waals surface area contributed by atoms with Crippen molar-refractivity contribution in [3.05, 3.63) is 11.9 Å². The standard InChI is InChI=1S/C31H51N3O6/c1-20-7-6-13-39-19-22-17-34(33-32-22)18-28(35)40-14-11-25-29(26-9-8-24(20)31(26,3)36)27(38-5)16-21-15-23(37-4)10-12-30(21,25)2/h17,20-21,23-27,29,36H,6-16,18-19H2,1-5H3/t20-,21+,23-,24?,25+,26+,27-,29?,30+,31-/m1/s1. The molecule has 1 N–H and O–H groups in total. The van der Waals surface area contributed by atoms with Gasteiger partial charge in [-0.1, -0.05) is 19.1 Å². The summed E-state index contributed by atoms with van der Waals surface area (Å²) in [5.74, 6) is 1.44. The molecule has 0 amide bonds. The van der Waals surface area contributed by atoms with Crippen LogP contribution in [0.25, 0.3) is 0 Å². The van der Waals surface area contributed by atoms with E-state index in [2.05, 4.69) is 31.1 Å². The minimum absolute atomic E-state index is 0.0355. The number of nitrogens with zero attached hydrogens (tertiary/aromatic N) is 3. The van der Waals surface area contributed by atoms with Crippen molar-refractivity contribution in [1.29, 1.82) is 0 Å². The van der Waals surface area contributed by atoms with Gasteiger partial charge in [-0.2, -0.15) is 0 Å². The fraction of sp³-hybridized carbons (Fsp3) is 0.903. The van der Waals surface area contributed by atoms with Gasteiger partial charge in [0.15, 0.2) is 0 Å². The number of rotatable bonds is 2. The second-order valence-corrected chi connectivity index (χ2v) is 13.6. The van der Waals surface area contributed by atoms with E-state index in [0.29, 0.717) is 37.4 Å². The van der Waals surface area contributed by atoms with E-state index in [0.717, 1.165) is 57.8 Å². The molecule has 2 unspecified atom stereocenters. The highest BCUT2D eigenvalue weighted by molar-refractivity contribution is 5.68. The molecule has 3 saturated carbocycles. The van der Waals surface area contributed by atoms with Gasteiger partial charge >= 0.3 is 5.97 Å². The zero-order chi connectivity index (χ0) is 28.5. The molecule has 1 aromatic heterocycles. The summed E-state index contributed by atoms with van der Waals surface area (Å²) in [5.41, 5.74) is 0.0173. The summed E-state index contributed by atoms with van der Waals surface area (Å²) >= 11 is 0. The van der Waals surface area contributed by atoms with Crippen LogP contribution in [0.15, 0.2) is 6.20 Å². The molecule has 226 valence electrons. The van der Waals surface area contributed by atoms with Crippen molar-refractivity contribution in [2.45, 2.75) is 110 Å². The Kier molecular flexibility index (Phi) is 9.25. The summed E-state index contributed by atoms with van der Waals surface area (Å²) in [6.07, 6.45) is 11.0. The minimum atomic E-state index is -0.774. The maximum absolute atomic E-state index is 12.8. The molecule has 3 aliphatic carbocycles. The quantitative estimate of drug-likeness (QED) is 0.530. The van der Waals surface area contributed by atoms with Crippen molar-refractivity contribution >= 4 is 5.97 Å². The highest BCUT2D eigenvalue weighted by Gasteiger charge is 2.60. The number of esters is 1. The SMILES string of the molecule is CO[C@@H]1CC[C@@]2(C)[C@@H](C1)C[C@@H](OC)C1[C@@H]2CCOC(=O)Cn2cc(nn2)COCCC[C@@H](C)C2CC[C@@H]1[C@]2(C)O. The van der Waals surface area contributed by atoms with Crippen LogP contribution in [0.2, 0.25) is 0 Å². The van der Waals surface area contributed by atoms with Crippen molar-refractivity contribution in [3.63, 3.8) is 0 Å². The third-order valence-corrected chi connectivity index (χ3v) is 11.6. The van der Waals surface area contributed by atoms with Crippen LogP contribution in [-0.4, -0.2) is 71.3 Å². The molecule has 40 heavy (non-hydrogen) atoms. The zero-order valence-corrected chi connectivity index (χ0v) is 25.2. The number of cyclic esters (lactones) is 1. The zero-order valence-electron chi connectivity index (χ0n) is 25.2. The molecule has 0 aromatic carbocycles. The number of carbonyl (C=O) groups is 1. The summed E-state index contributed by atoms with van der Waals surface area (Å²) in [6.45, 7) is 8.23. The number of hydrogen-bond acceptors (Lipinski definition) is 8. The molecule has 4 bridgehead atoms. The van der Waals surface area contributed by atoms with Crippen molar-refractivity contribution in [2.75, 3.05) is 27.4 Å². The fourth-order valence-electron chi connectivity index (χ4n) is 9.41. The second-order valence-electron chi connectivity index (χ2n) is 13.6. The third-order valence-electron chi connectivity index (χ3n) is 11.6. The lowest BCUT2D eigenvalue weighted by Crippen LogP contribution is -2.58. The van der Waals surface area contributed by atoms with E-state index in [1.165, 1.54) is 4.68 Å². The van der Waals surface area contributed by atoms with Crippen LogP contribution in [-0.2, 0) is 36.9 Å². The lowest BCUT2D eigenvalue weighted by Gasteiger charge is -2.59. The van der Waals surface area contributed by atoms with Gasteiger partial charge in [-0.15, -0.1) is 5.10 Å². The van der Waals surface area contributed by atoms with Crippen molar-refractivity contribution in [2.24, 2.45) is 40.9 Å². The van der Waals surface area contributed by atoms with Gasteiger partial charge in [0, 0.05) is 20.8 Å². The number of aromatic nitrogens is 3. The fourth-order valence-corrected chi connectivity index (χ4v) is 9.41. The van der Waals surface area contributed by atoms with Gasteiger partial charge in [0.05, 0.1) is 37.2 Å². The number of aliphatic hydroxyl groups is 1. The molecule has 5 rings (SSSR count). The summed E-state index contributed by atoms with van der Waals surface area (Å²) in [7, 11) is 3.66. The summed E-state index contributed by atoms with van der Waals surface area (Å²) in [5, 5.41) is 20.5. The maximum atomic E-state index is 12.8. The molecule has 4 aliphatic rings. The Hall–Kier alpha value is -1.55. The lowest BCUT2D eigenvalue weighted by atomic mass is 9.48. The summed E-state index contributed by atoms with van der Waals surface area (Å²) in [6, 6.07) is 0. The smallest absolute Gasteiger partial charge is 0.327 e. The van der Waals surface area contributed by atoms with Crippen molar-refractivity contribution in [1.82, 2.24) is 15.0 Å². The topological polar surface area (TPSA) is 105 Å². The van der Waals surface area contributed by atoms with Crippen LogP contribution in [0.1, 0.15) is 84.3 Å². The van der Waals surface area contributed by atoms with E-state index < -0.39 is 5.60 Å². The molecule has 2 heterocycles. The molecule has 10 atom stereocenters. The van der Waals surface area contributed by atoms with Gasteiger partial charge in [-0.05, 0) is 106 Å². The number of fused-ring (bicyclic) bond motifs is 8. The van der Waals surface area contributed by atoms with E-state index >= 15 is 0 Å². The Morgan fingerprint density at radius 1 is 1.02 bits per heavy atom. The Balaban J connectivity index is 1.45. The van der Waals surface area contributed by atoms with Gasteiger partial charge in [-0.3, -0.25) is 4.79 Å². The Labute approximate surface area is 239 Å². The highest BCUT2D eigenvalue weighted by Crippen LogP contribution is 2.62. The van der Waals surface area contributed by atoms with Crippen LogP contribution in [0.4, 0.5) is 0 Å². The number of hydrogen-bond donors (Lipinski definition) is 1. The van der Waals surface area contributed by atoms with E-state index in [9.17, 15) is 9.90 Å². The van der Waals surface area contributed by atoms with Crippen LogP contribution in [0.3, 0.4) is 0 Å². The first-order chi connectivity index (χ1) is 19.2. The molecule has 1 aliphatic heterocycles. The van der Waals surface area contributed by atoms with Crippen LogP contribution in [0, 0.1) is 40.9 Å². The maximum Gasteiger partial charge on any atom is 0.327 e. The molecule has 0 radical (unpaired) electrons. The number of carbonyl (C=O) groups excluding carboxylic acids is 1. The van der Waals surface area contributed by atoms with Crippen molar-refractivity contribution < 1.29 is 28.8 Å². The normalized spacial score (nSPS) is 43.5. The Morgan fingerprint density at radius 3 is 2.60 bits per heavy atom. The third kappa shape index (κ3) is 5.86. The summed E-state index contributed by atoms with van der Waals surface area (Å²) < 4.78 is 25.3. The number of ether oxygens (including phenoxy) is 4. The summed E-state index contributed by atoms with van der Waals surface area (Å²) in [4.78, 5) is 12.8. The first kappa shape index (κ1) is 29.9. The van der Waals surface area contributed by atoms with E-state index in [1.807, 2.05) is 14.2 Å². The molecule has 0 spiro atoms. The van der Waals surface area contributed by atoms with Crippen LogP contribution in [0.5, 0.6) is 0 Å². The van der Waals surface area contributed by atoms with Crippen molar-refractivity contribution in [3.8, 4) is 0 Å². The van der Waals surface area contributed by atoms with E-state index in [-0.39, 0.29) is 53.8 Å². The van der Waals surface area contributed by atoms with Gasteiger partial charge < -0.3 is 24.1 Å². The van der Waals surface area contributed by atoms with E-state index in [4.69, 9.17) is 18.9 Å². The molecule has 0 saturated heterocycles. The van der Waals surface area contributed by atoms with Gasteiger partial charge in [0.25, 0.3) is 0 Å². The molecule has 9 heteroatoms. The molecular weight excluding hydrogens is 510 g/mol. The van der Waals surface area contributed by atoms with Gasteiger partial charge in [-0.25, -0.2) is 4.68 Å². The molecule has 3 fully saturated rings. The number of methoxy groups -OCH3 is 2. The van der Waals surface area contributed by atoms with Crippen LogP contribution < -0.4 is 0 Å². The Bertz CT molecular complexity index is 999. The lowest BCUT2D eigenvalue weighted by molar-refractivity contribution is -0.179. The second kappa shape index (κ2) is 12.4. The van der Waals surface area contributed by atoms with Gasteiger partial charge in [0.1, 0.15) is 12.2 Å². The molecule has 9 nitrogen and oxygen atoms in total. The first-order valence-electron chi connectivity index (χ1n) is 15.6. The van der Waals surface area contributed by atoms with Gasteiger partial charge in [0.2, 0.25) is 0 Å². The monoisotopic (exact) mass is 561 g/mol. The van der Waals surface area contributed by atoms with E-state index in [1.54, 1.807) is 6.20 Å². The minimum Gasteiger partial charge on any atom is -0.464 e. The predicted octanol–water partition coefficient (Wildman–Crippen LogP) is 4.41. The molecular formula is C31H51N3O6. The average Bonchev–Trinajstić information content (AvgIpc) is 3.49. The highest BCUT2D eigenvalue weighted by atomic mass is 16.5. The first-order valence-corrected chi connectivity index (χ1v) is 15.6. The predicted molar refractivity (Wildman–Crippen MR) is 149 cm³/mol. The largest absolute Gasteiger partial charge is 0.464 e.